The van der Waals surface area contributed by atoms with Crippen LogP contribution in [0.15, 0.2) is 28.9 Å². The SMILES string of the molecule is Cc1csc(Cn2cccc2/C(N)=N/O)n1. The van der Waals surface area contributed by atoms with E-state index in [9.17, 15) is 0 Å². The highest BCUT2D eigenvalue weighted by molar-refractivity contribution is 7.09. The number of nitrogens with zero attached hydrogens (tertiary/aromatic N) is 3. The van der Waals surface area contributed by atoms with Crippen molar-refractivity contribution >= 4 is 17.2 Å². The van der Waals surface area contributed by atoms with Crippen molar-refractivity contribution in [2.24, 2.45) is 10.9 Å². The monoisotopic (exact) mass is 236 g/mol. The summed E-state index contributed by atoms with van der Waals surface area (Å²) in [6.07, 6.45) is 1.88. The molecule has 0 aliphatic carbocycles. The molecule has 0 atom stereocenters. The van der Waals surface area contributed by atoms with Crippen molar-refractivity contribution in [2.75, 3.05) is 0 Å². The predicted molar refractivity (Wildman–Crippen MR) is 62.9 cm³/mol. The van der Waals surface area contributed by atoms with Gasteiger partial charge < -0.3 is 15.5 Å². The van der Waals surface area contributed by atoms with E-state index < -0.39 is 0 Å². The Kier molecular flexibility index (Phi) is 2.91. The maximum absolute atomic E-state index is 8.64. The van der Waals surface area contributed by atoms with Gasteiger partial charge in [0.2, 0.25) is 0 Å². The number of amidine groups is 1. The van der Waals surface area contributed by atoms with Gasteiger partial charge in [-0.05, 0) is 19.1 Å². The minimum absolute atomic E-state index is 0.110. The molecule has 0 amide bonds. The number of nitrogens with two attached hydrogens (primary N) is 1. The van der Waals surface area contributed by atoms with Crippen molar-refractivity contribution in [1.82, 2.24) is 9.55 Å². The lowest BCUT2D eigenvalue weighted by molar-refractivity contribution is 0.318. The van der Waals surface area contributed by atoms with Crippen molar-refractivity contribution in [1.29, 1.82) is 0 Å². The van der Waals surface area contributed by atoms with Crippen LogP contribution >= 0.6 is 11.3 Å². The van der Waals surface area contributed by atoms with Crippen LogP contribution in [-0.4, -0.2) is 20.6 Å². The average Bonchev–Trinajstić information content (AvgIpc) is 2.87. The second kappa shape index (κ2) is 4.36. The van der Waals surface area contributed by atoms with Gasteiger partial charge in [0.05, 0.1) is 12.2 Å². The lowest BCUT2D eigenvalue weighted by Gasteiger charge is -2.05. The lowest BCUT2D eigenvalue weighted by Crippen LogP contribution is -2.18. The molecule has 2 heterocycles. The Balaban J connectivity index is 2.25. The van der Waals surface area contributed by atoms with Gasteiger partial charge in [-0.2, -0.15) is 0 Å². The van der Waals surface area contributed by atoms with Crippen molar-refractivity contribution in [3.63, 3.8) is 0 Å². The molecule has 0 radical (unpaired) electrons. The number of hydrogen-bond acceptors (Lipinski definition) is 4. The van der Waals surface area contributed by atoms with E-state index in [2.05, 4.69) is 10.1 Å². The highest BCUT2D eigenvalue weighted by atomic mass is 32.1. The summed E-state index contributed by atoms with van der Waals surface area (Å²) in [6, 6.07) is 3.66. The summed E-state index contributed by atoms with van der Waals surface area (Å²) in [4.78, 5) is 4.37. The Morgan fingerprint density at radius 3 is 3.12 bits per heavy atom. The quantitative estimate of drug-likeness (QED) is 0.366. The molecule has 2 aromatic heterocycles. The van der Waals surface area contributed by atoms with Gasteiger partial charge in [0.25, 0.3) is 0 Å². The molecule has 84 valence electrons. The number of oxime groups is 1. The number of rotatable bonds is 3. The van der Waals surface area contributed by atoms with Gasteiger partial charge >= 0.3 is 0 Å². The van der Waals surface area contributed by atoms with E-state index in [1.807, 2.05) is 29.1 Å². The van der Waals surface area contributed by atoms with E-state index in [1.54, 1.807) is 17.4 Å². The Morgan fingerprint density at radius 2 is 2.50 bits per heavy atom. The van der Waals surface area contributed by atoms with E-state index in [4.69, 9.17) is 10.9 Å². The van der Waals surface area contributed by atoms with Crippen LogP contribution in [0.5, 0.6) is 0 Å². The minimum Gasteiger partial charge on any atom is -0.409 e. The van der Waals surface area contributed by atoms with Crippen LogP contribution in [0, 0.1) is 6.92 Å². The van der Waals surface area contributed by atoms with Crippen LogP contribution in [-0.2, 0) is 6.54 Å². The Hall–Kier alpha value is -1.82. The lowest BCUT2D eigenvalue weighted by atomic mass is 10.4. The predicted octanol–water partition coefficient (Wildman–Crippen LogP) is 1.40. The van der Waals surface area contributed by atoms with Crippen molar-refractivity contribution in [2.45, 2.75) is 13.5 Å². The minimum atomic E-state index is 0.110. The normalized spacial score (nSPS) is 11.9. The fourth-order valence-corrected chi connectivity index (χ4v) is 2.23. The van der Waals surface area contributed by atoms with Crippen LogP contribution in [0.25, 0.3) is 0 Å². The van der Waals surface area contributed by atoms with Gasteiger partial charge in [-0.15, -0.1) is 11.3 Å². The molecule has 0 aromatic carbocycles. The fourth-order valence-electron chi connectivity index (χ4n) is 1.46. The first-order valence-corrected chi connectivity index (χ1v) is 5.62. The molecule has 2 aromatic rings. The van der Waals surface area contributed by atoms with Crippen molar-refractivity contribution in [3.05, 3.63) is 40.1 Å². The number of aryl methyl sites for hydroxylation is 1. The molecule has 0 spiro atoms. The molecule has 5 nitrogen and oxygen atoms in total. The third kappa shape index (κ3) is 2.06. The molecule has 6 heteroatoms. The van der Waals surface area contributed by atoms with Gasteiger partial charge in [-0.1, -0.05) is 5.16 Å². The zero-order valence-corrected chi connectivity index (χ0v) is 9.61. The van der Waals surface area contributed by atoms with Crippen LogP contribution < -0.4 is 5.73 Å². The first-order chi connectivity index (χ1) is 7.70. The number of aromatic nitrogens is 2. The molecule has 0 unspecified atom stereocenters. The van der Waals surface area contributed by atoms with Gasteiger partial charge in [0, 0.05) is 17.3 Å². The van der Waals surface area contributed by atoms with Crippen molar-refractivity contribution < 1.29 is 5.21 Å². The average molecular weight is 236 g/mol. The Bertz CT molecular complexity index is 514. The van der Waals surface area contributed by atoms with Gasteiger partial charge in [0.15, 0.2) is 5.84 Å². The standard InChI is InChI=1S/C10H12N4OS/c1-7-6-16-9(12-7)5-14-4-2-3-8(14)10(11)13-15/h2-4,6,15H,5H2,1H3,(H2,11,13). The maximum Gasteiger partial charge on any atom is 0.186 e. The summed E-state index contributed by atoms with van der Waals surface area (Å²) in [5.41, 5.74) is 7.26. The first kappa shape index (κ1) is 10.7. The summed E-state index contributed by atoms with van der Waals surface area (Å²) in [5.74, 6) is 0.110. The van der Waals surface area contributed by atoms with Gasteiger partial charge in [0.1, 0.15) is 5.01 Å². The van der Waals surface area contributed by atoms with E-state index in [0.717, 1.165) is 10.7 Å². The topological polar surface area (TPSA) is 76.4 Å². The Labute approximate surface area is 96.8 Å². The molecule has 0 saturated carbocycles. The Morgan fingerprint density at radius 1 is 1.69 bits per heavy atom. The zero-order valence-electron chi connectivity index (χ0n) is 8.79. The number of hydrogen-bond donors (Lipinski definition) is 2. The molecular formula is C10H12N4OS. The molecule has 0 fully saturated rings. The highest BCUT2D eigenvalue weighted by Crippen LogP contribution is 2.12. The summed E-state index contributed by atoms with van der Waals surface area (Å²) >= 11 is 1.60. The highest BCUT2D eigenvalue weighted by Gasteiger charge is 2.07. The molecule has 2 rings (SSSR count). The van der Waals surface area contributed by atoms with Crippen LogP contribution in [0.3, 0.4) is 0 Å². The maximum atomic E-state index is 8.64. The van der Waals surface area contributed by atoms with E-state index in [0.29, 0.717) is 12.2 Å². The second-order valence-corrected chi connectivity index (χ2v) is 4.33. The fraction of sp³-hybridized carbons (Fsp3) is 0.200. The third-order valence-corrected chi connectivity index (χ3v) is 3.12. The number of thiazole rings is 1. The van der Waals surface area contributed by atoms with Crippen LogP contribution in [0.1, 0.15) is 16.4 Å². The zero-order chi connectivity index (χ0) is 11.5. The molecule has 16 heavy (non-hydrogen) atoms. The van der Waals surface area contributed by atoms with Gasteiger partial charge in [-0.3, -0.25) is 0 Å². The van der Waals surface area contributed by atoms with Crippen LogP contribution in [0.4, 0.5) is 0 Å². The molecule has 0 aliphatic rings. The van der Waals surface area contributed by atoms with E-state index in [-0.39, 0.29) is 5.84 Å². The molecule has 3 N–H and O–H groups in total. The molecular weight excluding hydrogens is 224 g/mol. The van der Waals surface area contributed by atoms with Crippen molar-refractivity contribution in [3.8, 4) is 0 Å². The second-order valence-electron chi connectivity index (χ2n) is 3.39. The van der Waals surface area contributed by atoms with Gasteiger partial charge in [-0.25, -0.2) is 4.98 Å². The first-order valence-electron chi connectivity index (χ1n) is 4.74. The summed E-state index contributed by atoms with van der Waals surface area (Å²) in [6.45, 7) is 2.59. The third-order valence-electron chi connectivity index (χ3n) is 2.17. The molecule has 0 saturated heterocycles. The summed E-state index contributed by atoms with van der Waals surface area (Å²) < 4.78 is 1.90. The smallest absolute Gasteiger partial charge is 0.186 e. The molecule has 0 aliphatic heterocycles. The van der Waals surface area contributed by atoms with E-state index >= 15 is 0 Å². The van der Waals surface area contributed by atoms with E-state index in [1.165, 1.54) is 0 Å². The molecule has 0 bridgehead atoms. The largest absolute Gasteiger partial charge is 0.409 e. The summed E-state index contributed by atoms with van der Waals surface area (Å²) in [5, 5.41) is 14.6. The summed E-state index contributed by atoms with van der Waals surface area (Å²) in [7, 11) is 0. The van der Waals surface area contributed by atoms with Crippen LogP contribution in [0.2, 0.25) is 0 Å².